The largest absolute Gasteiger partial charge is 0.393 e. The number of nitrogens with two attached hydrogens (primary N) is 1. The van der Waals surface area contributed by atoms with E-state index in [0.29, 0.717) is 29.4 Å². The number of hydrogen-bond acceptors (Lipinski definition) is 2. The molecule has 0 saturated carbocycles. The maximum Gasteiger partial charge on any atom is 0.0593 e. The van der Waals surface area contributed by atoms with E-state index in [1.54, 1.807) is 12.1 Å². The van der Waals surface area contributed by atoms with Gasteiger partial charge in [0.25, 0.3) is 0 Å². The molecule has 0 heterocycles. The smallest absolute Gasteiger partial charge is 0.0593 e. The maximum atomic E-state index is 9.52. The first kappa shape index (κ1) is 11.8. The molecule has 0 radical (unpaired) electrons. The first-order valence-corrected chi connectivity index (χ1v) is 5.21. The van der Waals surface area contributed by atoms with Crippen molar-refractivity contribution in [1.29, 1.82) is 0 Å². The molecule has 0 fully saturated rings. The van der Waals surface area contributed by atoms with Crippen molar-refractivity contribution in [2.24, 2.45) is 5.73 Å². The molecule has 14 heavy (non-hydrogen) atoms. The van der Waals surface area contributed by atoms with E-state index in [4.69, 9.17) is 28.9 Å². The Morgan fingerprint density at radius 2 is 2.07 bits per heavy atom. The van der Waals surface area contributed by atoms with Crippen LogP contribution in [0.15, 0.2) is 18.2 Å². The zero-order valence-corrected chi connectivity index (χ0v) is 9.22. The van der Waals surface area contributed by atoms with Crippen LogP contribution in [0.1, 0.15) is 12.0 Å². The zero-order valence-electron chi connectivity index (χ0n) is 7.71. The van der Waals surface area contributed by atoms with E-state index in [9.17, 15) is 5.11 Å². The van der Waals surface area contributed by atoms with Crippen LogP contribution in [0.3, 0.4) is 0 Å². The predicted octanol–water partition coefficient (Wildman–Crippen LogP) is 2.25. The van der Waals surface area contributed by atoms with Crippen molar-refractivity contribution < 1.29 is 5.11 Å². The van der Waals surface area contributed by atoms with Crippen molar-refractivity contribution in [2.75, 3.05) is 6.54 Å². The number of rotatable bonds is 4. The molecule has 4 heteroatoms. The summed E-state index contributed by atoms with van der Waals surface area (Å²) in [4.78, 5) is 0. The second-order valence-electron chi connectivity index (χ2n) is 3.17. The lowest BCUT2D eigenvalue weighted by Crippen LogP contribution is -2.16. The Labute approximate surface area is 93.6 Å². The minimum absolute atomic E-state index is 0.432. The highest BCUT2D eigenvalue weighted by molar-refractivity contribution is 6.35. The van der Waals surface area contributed by atoms with Gasteiger partial charge in [-0.2, -0.15) is 0 Å². The van der Waals surface area contributed by atoms with E-state index in [1.807, 2.05) is 6.07 Å². The summed E-state index contributed by atoms with van der Waals surface area (Å²) in [6, 6.07) is 5.26. The highest BCUT2D eigenvalue weighted by Gasteiger charge is 2.07. The van der Waals surface area contributed by atoms with Gasteiger partial charge in [-0.3, -0.25) is 0 Å². The molecule has 0 amide bonds. The van der Waals surface area contributed by atoms with Crippen LogP contribution in [0.5, 0.6) is 0 Å². The third-order valence-corrected chi connectivity index (χ3v) is 2.56. The Morgan fingerprint density at radius 1 is 1.36 bits per heavy atom. The second kappa shape index (κ2) is 5.56. The third-order valence-electron chi connectivity index (χ3n) is 1.97. The topological polar surface area (TPSA) is 46.2 Å². The Kier molecular flexibility index (Phi) is 4.69. The van der Waals surface area contributed by atoms with Gasteiger partial charge in [-0.15, -0.1) is 0 Å². The summed E-state index contributed by atoms with van der Waals surface area (Å²) in [5, 5.41) is 10.7. The second-order valence-corrected chi connectivity index (χ2v) is 4.01. The van der Waals surface area contributed by atoms with Crippen LogP contribution >= 0.6 is 23.2 Å². The van der Waals surface area contributed by atoms with Gasteiger partial charge in [-0.25, -0.2) is 0 Å². The molecule has 1 unspecified atom stereocenters. The molecule has 0 aliphatic rings. The standard InChI is InChI=1S/C10H13Cl2NO/c11-8-2-1-7(10(12)6-8)5-9(14)3-4-13/h1-2,6,9,14H,3-5,13H2. The zero-order chi connectivity index (χ0) is 10.6. The fourth-order valence-corrected chi connectivity index (χ4v) is 1.72. The van der Waals surface area contributed by atoms with Crippen LogP contribution in [-0.4, -0.2) is 17.8 Å². The molecule has 78 valence electrons. The first-order chi connectivity index (χ1) is 6.63. The van der Waals surface area contributed by atoms with Gasteiger partial charge in [0.1, 0.15) is 0 Å². The molecule has 0 aliphatic heterocycles. The summed E-state index contributed by atoms with van der Waals surface area (Å²) >= 11 is 11.7. The Hall–Kier alpha value is -0.280. The Bertz CT molecular complexity index is 304. The number of halogens is 2. The van der Waals surface area contributed by atoms with Crippen LogP contribution in [0, 0.1) is 0 Å². The molecule has 2 nitrogen and oxygen atoms in total. The van der Waals surface area contributed by atoms with Crippen LogP contribution in [0.2, 0.25) is 10.0 Å². The molecule has 0 saturated heterocycles. The van der Waals surface area contributed by atoms with Gasteiger partial charge in [-0.05, 0) is 37.1 Å². The molecule has 1 aromatic carbocycles. The molecule has 1 aromatic rings. The van der Waals surface area contributed by atoms with E-state index in [-0.39, 0.29) is 0 Å². The van der Waals surface area contributed by atoms with Crippen molar-refractivity contribution in [3.63, 3.8) is 0 Å². The quantitative estimate of drug-likeness (QED) is 0.839. The molecule has 0 bridgehead atoms. The van der Waals surface area contributed by atoms with E-state index in [2.05, 4.69) is 0 Å². The monoisotopic (exact) mass is 233 g/mol. The Morgan fingerprint density at radius 3 is 2.64 bits per heavy atom. The van der Waals surface area contributed by atoms with Crippen LogP contribution in [0.4, 0.5) is 0 Å². The lowest BCUT2D eigenvalue weighted by molar-refractivity contribution is 0.167. The molecule has 1 rings (SSSR count). The van der Waals surface area contributed by atoms with Gasteiger partial charge in [0.15, 0.2) is 0 Å². The minimum atomic E-state index is -0.432. The Balaban J connectivity index is 2.67. The molecular formula is C10H13Cl2NO. The molecular weight excluding hydrogens is 221 g/mol. The van der Waals surface area contributed by atoms with Gasteiger partial charge < -0.3 is 10.8 Å². The fraction of sp³-hybridized carbons (Fsp3) is 0.400. The fourth-order valence-electron chi connectivity index (χ4n) is 1.24. The number of hydrogen-bond donors (Lipinski definition) is 2. The highest BCUT2D eigenvalue weighted by Crippen LogP contribution is 2.22. The molecule has 3 N–H and O–H groups in total. The van der Waals surface area contributed by atoms with Gasteiger partial charge in [0.05, 0.1) is 6.10 Å². The minimum Gasteiger partial charge on any atom is -0.393 e. The van der Waals surface area contributed by atoms with Crippen molar-refractivity contribution >= 4 is 23.2 Å². The van der Waals surface area contributed by atoms with Gasteiger partial charge >= 0.3 is 0 Å². The van der Waals surface area contributed by atoms with Crippen LogP contribution in [0.25, 0.3) is 0 Å². The highest BCUT2D eigenvalue weighted by atomic mass is 35.5. The summed E-state index contributed by atoms with van der Waals surface area (Å²) in [6.07, 6.45) is 0.672. The average Bonchev–Trinajstić information content (AvgIpc) is 2.10. The van der Waals surface area contributed by atoms with Gasteiger partial charge in [0, 0.05) is 10.0 Å². The predicted molar refractivity (Wildman–Crippen MR) is 59.8 cm³/mol. The average molecular weight is 234 g/mol. The molecule has 1 atom stereocenters. The molecule has 0 aromatic heterocycles. The normalized spacial score (nSPS) is 12.9. The summed E-state index contributed by atoms with van der Waals surface area (Å²) in [6.45, 7) is 0.479. The van der Waals surface area contributed by atoms with Gasteiger partial charge in [-0.1, -0.05) is 29.3 Å². The third kappa shape index (κ3) is 3.46. The number of aliphatic hydroxyl groups excluding tert-OH is 1. The van der Waals surface area contributed by atoms with Crippen LogP contribution < -0.4 is 5.73 Å². The number of aliphatic hydroxyl groups is 1. The van der Waals surface area contributed by atoms with E-state index in [0.717, 1.165) is 5.56 Å². The lowest BCUT2D eigenvalue weighted by atomic mass is 10.1. The van der Waals surface area contributed by atoms with E-state index < -0.39 is 6.10 Å². The van der Waals surface area contributed by atoms with E-state index >= 15 is 0 Å². The first-order valence-electron chi connectivity index (χ1n) is 4.45. The van der Waals surface area contributed by atoms with Crippen molar-refractivity contribution in [3.8, 4) is 0 Å². The van der Waals surface area contributed by atoms with Crippen molar-refractivity contribution in [1.82, 2.24) is 0 Å². The molecule has 0 spiro atoms. The SMILES string of the molecule is NCCC(O)Cc1ccc(Cl)cc1Cl. The summed E-state index contributed by atoms with van der Waals surface area (Å²) in [7, 11) is 0. The van der Waals surface area contributed by atoms with Crippen molar-refractivity contribution in [2.45, 2.75) is 18.9 Å². The molecule has 0 aliphatic carbocycles. The lowest BCUT2D eigenvalue weighted by Gasteiger charge is -2.10. The summed E-state index contributed by atoms with van der Waals surface area (Å²) in [5.41, 5.74) is 6.23. The van der Waals surface area contributed by atoms with Crippen LogP contribution in [-0.2, 0) is 6.42 Å². The summed E-state index contributed by atoms with van der Waals surface area (Å²) in [5.74, 6) is 0. The van der Waals surface area contributed by atoms with E-state index in [1.165, 1.54) is 0 Å². The maximum absolute atomic E-state index is 9.52. The number of benzene rings is 1. The van der Waals surface area contributed by atoms with Crippen molar-refractivity contribution in [3.05, 3.63) is 33.8 Å². The summed E-state index contributed by atoms with van der Waals surface area (Å²) < 4.78 is 0. The van der Waals surface area contributed by atoms with Gasteiger partial charge in [0.2, 0.25) is 0 Å².